The molecule has 1 aliphatic heterocycles. The highest BCUT2D eigenvalue weighted by atomic mass is 19.1. The summed E-state index contributed by atoms with van der Waals surface area (Å²) >= 11 is 0. The van der Waals surface area contributed by atoms with E-state index in [1.165, 1.54) is 37.8 Å². The van der Waals surface area contributed by atoms with Crippen LogP contribution in [0, 0.1) is 11.7 Å². The fourth-order valence-corrected chi connectivity index (χ4v) is 3.08. The summed E-state index contributed by atoms with van der Waals surface area (Å²) < 4.78 is 13.4. The molecule has 2 fully saturated rings. The number of rotatable bonds is 5. The topological polar surface area (TPSA) is 35.5 Å². The van der Waals surface area contributed by atoms with Gasteiger partial charge in [-0.15, -0.1) is 0 Å². The molecule has 1 unspecified atom stereocenters. The number of halogens is 1. The number of phenols is 1. The van der Waals surface area contributed by atoms with Gasteiger partial charge in [-0.2, -0.15) is 0 Å². The third-order valence-electron chi connectivity index (χ3n) is 4.35. The van der Waals surface area contributed by atoms with E-state index in [1.54, 1.807) is 0 Å². The van der Waals surface area contributed by atoms with Gasteiger partial charge in [-0.3, -0.25) is 4.90 Å². The molecular weight excluding hydrogens is 255 g/mol. The molecule has 1 heterocycles. The van der Waals surface area contributed by atoms with Crippen molar-refractivity contribution in [1.82, 2.24) is 10.2 Å². The maximum atomic E-state index is 13.4. The van der Waals surface area contributed by atoms with E-state index in [0.717, 1.165) is 31.7 Å². The van der Waals surface area contributed by atoms with Crippen molar-refractivity contribution in [3.8, 4) is 5.75 Å². The predicted octanol–water partition coefficient (Wildman–Crippen LogP) is 2.50. The molecule has 110 valence electrons. The summed E-state index contributed by atoms with van der Waals surface area (Å²) in [7, 11) is 0. The average Bonchev–Trinajstić information content (AvgIpc) is 3.28. The molecule has 1 saturated carbocycles. The summed E-state index contributed by atoms with van der Waals surface area (Å²) in [5.74, 6) is -0.0629. The molecule has 2 aliphatic rings. The van der Waals surface area contributed by atoms with Gasteiger partial charge in [-0.1, -0.05) is 6.07 Å². The highest BCUT2D eigenvalue weighted by Crippen LogP contribution is 2.30. The molecule has 1 aromatic carbocycles. The lowest BCUT2D eigenvalue weighted by Crippen LogP contribution is -2.39. The first-order valence-electron chi connectivity index (χ1n) is 7.64. The van der Waals surface area contributed by atoms with Crippen molar-refractivity contribution in [2.75, 3.05) is 19.6 Å². The number of aromatic hydroxyl groups is 1. The van der Waals surface area contributed by atoms with Gasteiger partial charge < -0.3 is 10.4 Å². The molecule has 1 saturated heterocycles. The minimum atomic E-state index is -0.516. The van der Waals surface area contributed by atoms with Crippen molar-refractivity contribution in [3.63, 3.8) is 0 Å². The summed E-state index contributed by atoms with van der Waals surface area (Å²) in [6, 6.07) is 5.42. The molecule has 0 amide bonds. The molecule has 2 N–H and O–H groups in total. The minimum Gasteiger partial charge on any atom is -0.505 e. The number of nitrogens with one attached hydrogen (secondary N) is 1. The Morgan fingerprint density at radius 3 is 2.80 bits per heavy atom. The molecule has 0 bridgehead atoms. The Balaban J connectivity index is 1.62. The third-order valence-corrected chi connectivity index (χ3v) is 4.35. The second-order valence-corrected chi connectivity index (χ2v) is 6.16. The zero-order valence-electron chi connectivity index (χ0n) is 11.8. The van der Waals surface area contributed by atoms with Crippen molar-refractivity contribution in [1.29, 1.82) is 0 Å². The van der Waals surface area contributed by atoms with E-state index < -0.39 is 5.82 Å². The van der Waals surface area contributed by atoms with Gasteiger partial charge in [0, 0.05) is 19.1 Å². The quantitative estimate of drug-likeness (QED) is 0.868. The van der Waals surface area contributed by atoms with Crippen LogP contribution in [0.4, 0.5) is 4.39 Å². The molecule has 3 rings (SSSR count). The average molecular weight is 278 g/mol. The predicted molar refractivity (Wildman–Crippen MR) is 77.1 cm³/mol. The normalized spacial score (nSPS) is 23.2. The highest BCUT2D eigenvalue weighted by Gasteiger charge is 2.31. The van der Waals surface area contributed by atoms with Gasteiger partial charge in [-0.25, -0.2) is 4.39 Å². The minimum absolute atomic E-state index is 0.261. The first-order chi connectivity index (χ1) is 9.72. The Hall–Kier alpha value is -1.13. The largest absolute Gasteiger partial charge is 0.505 e. The molecule has 4 heteroatoms. The van der Waals surface area contributed by atoms with Crippen molar-refractivity contribution in [2.24, 2.45) is 5.92 Å². The Morgan fingerprint density at radius 1 is 1.30 bits per heavy atom. The molecule has 1 atom stereocenters. The van der Waals surface area contributed by atoms with Crippen LogP contribution in [-0.4, -0.2) is 35.7 Å². The molecule has 1 aliphatic carbocycles. The van der Waals surface area contributed by atoms with Gasteiger partial charge in [0.1, 0.15) is 0 Å². The fourth-order valence-electron chi connectivity index (χ4n) is 3.08. The molecule has 0 radical (unpaired) electrons. The molecule has 0 spiro atoms. The van der Waals surface area contributed by atoms with Crippen LogP contribution >= 0.6 is 0 Å². The number of nitrogens with zero attached hydrogens (tertiary/aromatic N) is 1. The monoisotopic (exact) mass is 278 g/mol. The van der Waals surface area contributed by atoms with Gasteiger partial charge in [0.2, 0.25) is 0 Å². The van der Waals surface area contributed by atoms with Crippen LogP contribution < -0.4 is 5.32 Å². The SMILES string of the molecule is Oc1ccc(CN(CC2CCCNC2)C2CC2)cc1F. The summed E-state index contributed by atoms with van der Waals surface area (Å²) in [5.41, 5.74) is 0.955. The lowest BCUT2D eigenvalue weighted by Gasteiger charge is -2.30. The van der Waals surface area contributed by atoms with Crippen LogP contribution in [0.15, 0.2) is 18.2 Å². The Kier molecular flexibility index (Phi) is 4.22. The molecule has 0 aromatic heterocycles. The van der Waals surface area contributed by atoms with Crippen LogP contribution in [0.5, 0.6) is 5.75 Å². The van der Waals surface area contributed by atoms with E-state index in [1.807, 2.05) is 6.07 Å². The number of hydrogen-bond acceptors (Lipinski definition) is 3. The third kappa shape index (κ3) is 3.49. The highest BCUT2D eigenvalue weighted by molar-refractivity contribution is 5.28. The van der Waals surface area contributed by atoms with E-state index in [-0.39, 0.29) is 5.75 Å². The van der Waals surface area contributed by atoms with Crippen LogP contribution in [0.25, 0.3) is 0 Å². The van der Waals surface area contributed by atoms with Gasteiger partial charge in [0.05, 0.1) is 0 Å². The molecular formula is C16H23FN2O. The summed E-state index contributed by atoms with van der Waals surface area (Å²) in [6.07, 6.45) is 5.08. The van der Waals surface area contributed by atoms with Gasteiger partial charge in [0.25, 0.3) is 0 Å². The van der Waals surface area contributed by atoms with Crippen LogP contribution in [0.1, 0.15) is 31.2 Å². The van der Waals surface area contributed by atoms with Gasteiger partial charge in [0.15, 0.2) is 11.6 Å². The first kappa shape index (κ1) is 13.8. The van der Waals surface area contributed by atoms with E-state index >= 15 is 0 Å². The molecule has 3 nitrogen and oxygen atoms in total. The summed E-state index contributed by atoms with van der Waals surface area (Å²) in [5, 5.41) is 12.7. The Labute approximate surface area is 119 Å². The zero-order chi connectivity index (χ0) is 13.9. The Bertz CT molecular complexity index is 456. The summed E-state index contributed by atoms with van der Waals surface area (Å²) in [4.78, 5) is 2.49. The van der Waals surface area contributed by atoms with Gasteiger partial charge >= 0.3 is 0 Å². The summed E-state index contributed by atoms with van der Waals surface area (Å²) in [6.45, 7) is 4.13. The number of piperidine rings is 1. The number of hydrogen-bond donors (Lipinski definition) is 2. The van der Waals surface area contributed by atoms with Crippen molar-refractivity contribution in [2.45, 2.75) is 38.3 Å². The lowest BCUT2D eigenvalue weighted by molar-refractivity contribution is 0.192. The molecule has 20 heavy (non-hydrogen) atoms. The standard InChI is InChI=1S/C16H23FN2O/c17-15-8-12(3-6-16(15)20)10-19(14-4-5-14)11-13-2-1-7-18-9-13/h3,6,8,13-14,18,20H,1-2,4-5,7,9-11H2. The van der Waals surface area contributed by atoms with Crippen LogP contribution in [0.2, 0.25) is 0 Å². The maximum absolute atomic E-state index is 13.4. The number of benzene rings is 1. The van der Waals surface area contributed by atoms with Crippen molar-refractivity contribution in [3.05, 3.63) is 29.6 Å². The second-order valence-electron chi connectivity index (χ2n) is 6.16. The van der Waals surface area contributed by atoms with Gasteiger partial charge in [-0.05, 0) is 62.4 Å². The fraction of sp³-hybridized carbons (Fsp3) is 0.625. The number of phenolic OH excluding ortho intramolecular Hbond substituents is 1. The maximum Gasteiger partial charge on any atom is 0.165 e. The zero-order valence-corrected chi connectivity index (χ0v) is 11.8. The first-order valence-corrected chi connectivity index (χ1v) is 7.64. The lowest BCUT2D eigenvalue weighted by atomic mass is 9.98. The smallest absolute Gasteiger partial charge is 0.165 e. The van der Waals surface area contributed by atoms with Crippen LogP contribution in [0.3, 0.4) is 0 Å². The van der Waals surface area contributed by atoms with E-state index in [4.69, 9.17) is 0 Å². The van der Waals surface area contributed by atoms with E-state index in [0.29, 0.717) is 12.0 Å². The van der Waals surface area contributed by atoms with E-state index in [2.05, 4.69) is 10.2 Å². The van der Waals surface area contributed by atoms with E-state index in [9.17, 15) is 9.50 Å². The van der Waals surface area contributed by atoms with Crippen LogP contribution in [-0.2, 0) is 6.54 Å². The second kappa shape index (κ2) is 6.10. The van der Waals surface area contributed by atoms with Crippen molar-refractivity contribution < 1.29 is 9.50 Å². The Morgan fingerprint density at radius 2 is 2.15 bits per heavy atom. The molecule has 1 aromatic rings. The van der Waals surface area contributed by atoms with Crippen molar-refractivity contribution >= 4 is 0 Å².